The molecule has 4 rings (SSSR count). The van der Waals surface area contributed by atoms with Crippen LogP contribution in [0.15, 0.2) is 24.3 Å². The van der Waals surface area contributed by atoms with E-state index in [2.05, 4.69) is 38.8 Å². The number of unbranched alkanes of at least 4 members (excludes halogenated alkanes) is 3. The fourth-order valence-electron chi connectivity index (χ4n) is 8.89. The Bertz CT molecular complexity index is 1590. The van der Waals surface area contributed by atoms with Gasteiger partial charge in [0.05, 0.1) is 17.8 Å². The molecule has 16 heteroatoms. The minimum atomic E-state index is -0.976. The van der Waals surface area contributed by atoms with Crippen LogP contribution in [0.1, 0.15) is 129 Å². The van der Waals surface area contributed by atoms with Crippen LogP contribution in [0.25, 0.3) is 0 Å². The molecule has 0 spiro atoms. The SMILES string of the molecule is CCCCC[C@@H](NC(=O)C1CCCC1NC(C)=O)C(=O)NC1CCCC1C(=O)N[C@H](CCc1ccc(O)cc1)C(=O)NC1CCCC1C(=O)N[C@H](CCCCN)C(N)=O. The van der Waals surface area contributed by atoms with Gasteiger partial charge in [-0.25, -0.2) is 0 Å². The van der Waals surface area contributed by atoms with Crippen LogP contribution < -0.4 is 43.4 Å². The molecule has 1 aromatic carbocycles. The number of amides is 7. The molecule has 6 unspecified atom stereocenters. The average Bonchev–Trinajstić information content (AvgIpc) is 3.98. The highest BCUT2D eigenvalue weighted by molar-refractivity contribution is 5.92. The monoisotopic (exact) mass is 825 g/mol. The number of benzene rings is 1. The second kappa shape index (κ2) is 23.8. The summed E-state index contributed by atoms with van der Waals surface area (Å²) in [6.45, 7) is 3.94. The lowest BCUT2D eigenvalue weighted by Crippen LogP contribution is -2.56. The van der Waals surface area contributed by atoms with E-state index in [0.717, 1.165) is 31.2 Å². The van der Waals surface area contributed by atoms with E-state index in [9.17, 15) is 38.7 Å². The van der Waals surface area contributed by atoms with Crippen molar-refractivity contribution in [2.45, 2.75) is 166 Å². The van der Waals surface area contributed by atoms with Crippen LogP contribution >= 0.6 is 0 Å². The molecule has 0 aliphatic heterocycles. The zero-order valence-corrected chi connectivity index (χ0v) is 34.9. The molecule has 16 nitrogen and oxygen atoms in total. The van der Waals surface area contributed by atoms with E-state index in [1.807, 2.05) is 0 Å². The first-order valence-corrected chi connectivity index (χ1v) is 21.9. The maximum Gasteiger partial charge on any atom is 0.242 e. The molecule has 0 radical (unpaired) electrons. The number of carbonyl (C=O) groups excluding carboxylic acids is 7. The van der Waals surface area contributed by atoms with Gasteiger partial charge in [0.25, 0.3) is 0 Å². The molecule has 1 aromatic rings. The first-order valence-electron chi connectivity index (χ1n) is 21.9. The standard InChI is InChI=1S/C43H68N8O8/c1-3-4-5-15-36(50-40(56)29-11-8-16-32(29)46-26(2)52)42(58)47-34-18-10-13-31(34)41(57)51-37(24-21-27-19-22-28(53)23-20-27)43(59)48-33-17-9-12-30(33)39(55)49-35(38(45)54)14-6-7-25-44/h19-20,22-23,29-37,53H,3-18,21,24-25,44H2,1-2H3,(H2,45,54)(H,46,52)(H,47,58)(H,48,59)(H,49,55)(H,50,56)(H,51,57)/t29?,30?,31?,32?,33?,34?,35-,36-,37-/m1/s1. The molecule has 9 atom stereocenters. The lowest BCUT2D eigenvalue weighted by molar-refractivity contribution is -0.134. The van der Waals surface area contributed by atoms with Gasteiger partial charge in [-0.3, -0.25) is 33.6 Å². The molecule has 59 heavy (non-hydrogen) atoms. The Morgan fingerprint density at radius 1 is 0.627 bits per heavy atom. The Morgan fingerprint density at radius 2 is 1.07 bits per heavy atom. The third-order valence-corrected chi connectivity index (χ3v) is 12.2. The van der Waals surface area contributed by atoms with E-state index in [1.165, 1.54) is 6.92 Å². The summed E-state index contributed by atoms with van der Waals surface area (Å²) in [6, 6.07) is 2.66. The molecule has 0 saturated heterocycles. The summed E-state index contributed by atoms with van der Waals surface area (Å²) < 4.78 is 0. The maximum absolute atomic E-state index is 14.1. The van der Waals surface area contributed by atoms with Gasteiger partial charge in [0.1, 0.15) is 23.9 Å². The number of rotatable bonds is 23. The number of nitrogens with two attached hydrogens (primary N) is 2. The van der Waals surface area contributed by atoms with E-state index in [4.69, 9.17) is 11.5 Å². The van der Waals surface area contributed by atoms with Crippen LogP contribution in [0.4, 0.5) is 0 Å². The molecule has 328 valence electrons. The Kier molecular flexibility index (Phi) is 18.9. The molecule has 3 aliphatic rings. The van der Waals surface area contributed by atoms with Gasteiger partial charge in [-0.15, -0.1) is 0 Å². The molecule has 0 bridgehead atoms. The van der Waals surface area contributed by atoms with Crippen LogP contribution in [-0.4, -0.2) is 89.3 Å². The zero-order chi connectivity index (χ0) is 42.9. The number of nitrogens with one attached hydrogen (secondary N) is 6. The number of phenols is 1. The minimum absolute atomic E-state index is 0.106. The van der Waals surface area contributed by atoms with Crippen molar-refractivity contribution in [3.63, 3.8) is 0 Å². The molecule has 0 aromatic heterocycles. The number of phenolic OH excluding ortho intramolecular Hbond substituents is 1. The van der Waals surface area contributed by atoms with Crippen LogP contribution in [0.3, 0.4) is 0 Å². The number of primary amides is 1. The predicted octanol–water partition coefficient (Wildman–Crippen LogP) is 1.85. The summed E-state index contributed by atoms with van der Waals surface area (Å²) in [5.74, 6) is -4.18. The first kappa shape index (κ1) is 47.0. The highest BCUT2D eigenvalue weighted by Crippen LogP contribution is 2.29. The smallest absolute Gasteiger partial charge is 0.242 e. The lowest BCUT2D eigenvalue weighted by Gasteiger charge is -2.28. The summed E-state index contributed by atoms with van der Waals surface area (Å²) in [6.07, 6.45) is 10.9. The largest absolute Gasteiger partial charge is 0.508 e. The summed E-state index contributed by atoms with van der Waals surface area (Å²) >= 11 is 0. The number of hydrogen-bond acceptors (Lipinski definition) is 9. The topological polar surface area (TPSA) is 264 Å². The van der Waals surface area contributed by atoms with Gasteiger partial charge >= 0.3 is 0 Å². The molecule has 3 saturated carbocycles. The second-order valence-electron chi connectivity index (χ2n) is 16.7. The Labute approximate surface area is 348 Å². The van der Waals surface area contributed by atoms with Gasteiger partial charge in [0, 0.05) is 25.0 Å². The molecule has 7 amide bonds. The van der Waals surface area contributed by atoms with Crippen molar-refractivity contribution in [2.75, 3.05) is 6.54 Å². The van der Waals surface area contributed by atoms with Crippen molar-refractivity contribution < 1.29 is 38.7 Å². The van der Waals surface area contributed by atoms with Gasteiger partial charge < -0.3 is 48.5 Å². The van der Waals surface area contributed by atoms with Crippen molar-refractivity contribution in [1.29, 1.82) is 0 Å². The molecule has 0 heterocycles. The summed E-state index contributed by atoms with van der Waals surface area (Å²) in [5, 5.41) is 27.5. The third kappa shape index (κ3) is 14.5. The molecule has 3 fully saturated rings. The maximum atomic E-state index is 14.1. The van der Waals surface area contributed by atoms with Crippen molar-refractivity contribution in [3.8, 4) is 5.75 Å². The van der Waals surface area contributed by atoms with Gasteiger partial charge in [-0.05, 0) is 101 Å². The number of aromatic hydroxyl groups is 1. The van der Waals surface area contributed by atoms with Gasteiger partial charge in [0.15, 0.2) is 0 Å². The highest BCUT2D eigenvalue weighted by atomic mass is 16.3. The Balaban J connectivity index is 1.44. The molecular weight excluding hydrogens is 757 g/mol. The number of hydrogen-bond donors (Lipinski definition) is 9. The molecular formula is C43H68N8O8. The fourth-order valence-corrected chi connectivity index (χ4v) is 8.89. The van der Waals surface area contributed by atoms with Crippen LogP contribution in [0.2, 0.25) is 0 Å². The summed E-state index contributed by atoms with van der Waals surface area (Å²) in [7, 11) is 0. The summed E-state index contributed by atoms with van der Waals surface area (Å²) in [4.78, 5) is 92.7. The van der Waals surface area contributed by atoms with E-state index in [1.54, 1.807) is 24.3 Å². The highest BCUT2D eigenvalue weighted by Gasteiger charge is 2.40. The summed E-state index contributed by atoms with van der Waals surface area (Å²) in [5.41, 5.74) is 12.0. The second-order valence-corrected chi connectivity index (χ2v) is 16.7. The normalized spacial score (nSPS) is 24.0. The van der Waals surface area contributed by atoms with E-state index < -0.39 is 59.8 Å². The van der Waals surface area contributed by atoms with Gasteiger partial charge in [-0.1, -0.05) is 57.6 Å². The lowest BCUT2D eigenvalue weighted by atomic mass is 9.97. The van der Waals surface area contributed by atoms with Crippen molar-refractivity contribution in [1.82, 2.24) is 31.9 Å². The Hall–Kier alpha value is -4.73. The average molecular weight is 825 g/mol. The van der Waals surface area contributed by atoms with Crippen LogP contribution in [-0.2, 0) is 40.0 Å². The van der Waals surface area contributed by atoms with Crippen molar-refractivity contribution in [2.24, 2.45) is 29.2 Å². The predicted molar refractivity (Wildman–Crippen MR) is 222 cm³/mol. The van der Waals surface area contributed by atoms with E-state index >= 15 is 0 Å². The third-order valence-electron chi connectivity index (χ3n) is 12.2. The van der Waals surface area contributed by atoms with E-state index in [-0.39, 0.29) is 47.7 Å². The fraction of sp³-hybridized carbons (Fsp3) is 0.698. The van der Waals surface area contributed by atoms with Crippen molar-refractivity contribution in [3.05, 3.63) is 29.8 Å². The van der Waals surface area contributed by atoms with E-state index in [0.29, 0.717) is 90.0 Å². The zero-order valence-electron chi connectivity index (χ0n) is 34.9. The molecule has 11 N–H and O–H groups in total. The van der Waals surface area contributed by atoms with Gasteiger partial charge in [0.2, 0.25) is 41.4 Å². The number of aryl methyl sites for hydroxylation is 1. The Morgan fingerprint density at radius 3 is 1.53 bits per heavy atom. The first-order chi connectivity index (χ1) is 28.3. The molecule has 3 aliphatic carbocycles. The quantitative estimate of drug-likeness (QED) is 0.0729. The van der Waals surface area contributed by atoms with Gasteiger partial charge in [-0.2, -0.15) is 0 Å². The minimum Gasteiger partial charge on any atom is -0.508 e. The van der Waals surface area contributed by atoms with Crippen molar-refractivity contribution >= 4 is 41.4 Å². The van der Waals surface area contributed by atoms with Crippen LogP contribution in [0.5, 0.6) is 5.75 Å². The van der Waals surface area contributed by atoms with Crippen LogP contribution in [0, 0.1) is 17.8 Å². The number of carbonyl (C=O) groups is 7.